The van der Waals surface area contributed by atoms with E-state index in [-0.39, 0.29) is 0 Å². The molecule has 2 atom stereocenters. The molecule has 0 saturated carbocycles. The first-order chi connectivity index (χ1) is 16.2. The number of carboxylic acids is 1. The molecule has 162 valence electrons. The van der Waals surface area contributed by atoms with Crippen LogP contribution in [0, 0.1) is 0 Å². The quantitative estimate of drug-likeness (QED) is 0.422. The molecule has 0 unspecified atom stereocenters. The van der Waals surface area contributed by atoms with E-state index in [0.717, 1.165) is 28.1 Å². The Kier molecular flexibility index (Phi) is 5.49. The summed E-state index contributed by atoms with van der Waals surface area (Å²) in [6.07, 6.45) is 0. The van der Waals surface area contributed by atoms with Gasteiger partial charge < -0.3 is 5.11 Å². The number of carbonyl (C=O) groups is 1. The van der Waals surface area contributed by atoms with Gasteiger partial charge in [0.15, 0.2) is 6.04 Å². The number of rotatable bonds is 6. The number of aliphatic carboxylic acids is 1. The maximum absolute atomic E-state index is 13.2. The lowest BCUT2D eigenvalue weighted by Crippen LogP contribution is -2.51. The van der Waals surface area contributed by atoms with Crippen LogP contribution in [0.5, 0.6) is 0 Å². The van der Waals surface area contributed by atoms with E-state index in [2.05, 4.69) is 22.0 Å². The average Bonchev–Trinajstić information content (AvgIpc) is 3.22. The van der Waals surface area contributed by atoms with Crippen molar-refractivity contribution in [2.75, 3.05) is 0 Å². The van der Waals surface area contributed by atoms with Gasteiger partial charge in [-0.2, -0.15) is 0 Å². The Morgan fingerprint density at radius 1 is 0.758 bits per heavy atom. The largest absolute Gasteiger partial charge is 0.477 e. The van der Waals surface area contributed by atoms with Crippen molar-refractivity contribution in [1.82, 2.24) is 5.32 Å². The predicted molar refractivity (Wildman–Crippen MR) is 129 cm³/mol. The van der Waals surface area contributed by atoms with E-state index in [4.69, 9.17) is 0 Å². The zero-order chi connectivity index (χ0) is 22.7. The van der Waals surface area contributed by atoms with Gasteiger partial charge in [0, 0.05) is 11.1 Å². The zero-order valence-corrected chi connectivity index (χ0v) is 18.1. The Hall–Kier alpha value is -4.18. The van der Waals surface area contributed by atoms with Gasteiger partial charge in [-0.3, -0.25) is 5.32 Å². The summed E-state index contributed by atoms with van der Waals surface area (Å²) < 4.78 is 2.20. The first-order valence-corrected chi connectivity index (χ1v) is 11.0. The maximum atomic E-state index is 13.2. The minimum absolute atomic E-state index is 0.464. The van der Waals surface area contributed by atoms with Crippen molar-refractivity contribution in [3.05, 3.63) is 144 Å². The molecule has 5 rings (SSSR count). The van der Waals surface area contributed by atoms with Gasteiger partial charge in [-0.1, -0.05) is 109 Å². The number of hydrogen-bond donors (Lipinski definition) is 2. The molecule has 0 bridgehead atoms. The molecule has 4 heteroatoms. The Balaban J connectivity index is 1.79. The van der Waals surface area contributed by atoms with Gasteiger partial charge in [0.25, 0.3) is 11.4 Å². The van der Waals surface area contributed by atoms with Crippen molar-refractivity contribution in [2.45, 2.75) is 18.1 Å². The zero-order valence-electron chi connectivity index (χ0n) is 18.1. The van der Waals surface area contributed by atoms with Crippen molar-refractivity contribution >= 4 is 11.8 Å². The smallest absolute Gasteiger partial charge is 0.361 e. The number of nitrogens with zero attached hydrogens (tertiary/aromatic N) is 1. The van der Waals surface area contributed by atoms with Crippen LogP contribution < -0.4 is 5.32 Å². The summed E-state index contributed by atoms with van der Waals surface area (Å²) in [4.78, 5) is 13.2. The van der Waals surface area contributed by atoms with E-state index < -0.39 is 17.6 Å². The van der Waals surface area contributed by atoms with Gasteiger partial charge >= 0.3 is 5.97 Å². The highest BCUT2D eigenvalue weighted by Gasteiger charge is 2.62. The normalized spacial score (nSPS) is 19.8. The second-order valence-electron chi connectivity index (χ2n) is 8.25. The molecule has 0 aliphatic carbocycles. The van der Waals surface area contributed by atoms with Gasteiger partial charge in [-0.15, -0.1) is 0 Å². The molecule has 2 N–H and O–H groups in total. The molecule has 1 aliphatic heterocycles. The van der Waals surface area contributed by atoms with Gasteiger partial charge in [-0.05, 0) is 17.7 Å². The molecule has 0 amide bonds. The Bertz CT molecular complexity index is 1270. The third-order valence-electron chi connectivity index (χ3n) is 6.25. The SMILES string of the molecule is O=C(O)[C@@]1(c2ccccc2)NC(c2ccccc2)=[N+](Cc2ccccc2)[C@@H]1c1ccccc1. The highest BCUT2D eigenvalue weighted by molar-refractivity contribution is 6.01. The molecule has 0 radical (unpaired) electrons. The van der Waals surface area contributed by atoms with E-state index in [1.165, 1.54) is 0 Å². The van der Waals surface area contributed by atoms with Crippen molar-refractivity contribution in [3.63, 3.8) is 0 Å². The van der Waals surface area contributed by atoms with Crippen LogP contribution in [0.1, 0.15) is 28.3 Å². The Labute approximate surface area is 193 Å². The van der Waals surface area contributed by atoms with E-state index in [1.807, 2.05) is 109 Å². The first-order valence-electron chi connectivity index (χ1n) is 11.0. The molecule has 33 heavy (non-hydrogen) atoms. The first kappa shape index (κ1) is 20.7. The van der Waals surface area contributed by atoms with Gasteiger partial charge in [0.05, 0.1) is 5.56 Å². The Morgan fingerprint density at radius 2 is 1.27 bits per heavy atom. The van der Waals surface area contributed by atoms with Gasteiger partial charge in [-0.25, -0.2) is 9.37 Å². The fraction of sp³-hybridized carbons (Fsp3) is 0.103. The number of carboxylic acid groups (broad SMARTS) is 1. The molecule has 4 nitrogen and oxygen atoms in total. The third kappa shape index (κ3) is 3.70. The third-order valence-corrected chi connectivity index (χ3v) is 6.25. The standard InChI is InChI=1S/C29H24N2O2/c32-28(33)29(25-19-11-4-12-20-25)26(23-15-7-2-8-16-23)31(21-22-13-5-1-6-14-22)27(30-29)24-17-9-3-10-18-24/h1-20,26H,21H2,(H,32,33)/p+1/t26-,29+/m1/s1. The number of benzene rings is 4. The fourth-order valence-electron chi connectivity index (χ4n) is 4.76. The molecule has 1 heterocycles. The summed E-state index contributed by atoms with van der Waals surface area (Å²) in [6.45, 7) is 0.569. The van der Waals surface area contributed by atoms with Crippen molar-refractivity contribution in [3.8, 4) is 0 Å². The van der Waals surface area contributed by atoms with Crippen LogP contribution in [-0.2, 0) is 16.9 Å². The lowest BCUT2D eigenvalue weighted by molar-refractivity contribution is -0.586. The lowest BCUT2D eigenvalue weighted by atomic mass is 9.79. The number of amidine groups is 1. The molecule has 4 aromatic carbocycles. The number of nitrogens with one attached hydrogen (secondary N) is 1. The van der Waals surface area contributed by atoms with Gasteiger partial charge in [0.2, 0.25) is 0 Å². The van der Waals surface area contributed by atoms with E-state index in [9.17, 15) is 9.90 Å². The monoisotopic (exact) mass is 433 g/mol. The summed E-state index contributed by atoms with van der Waals surface area (Å²) in [5.74, 6) is -0.105. The molecular formula is C29H25N2O2+. The van der Waals surface area contributed by atoms with E-state index >= 15 is 0 Å². The maximum Gasteiger partial charge on any atom is 0.361 e. The van der Waals surface area contributed by atoms with E-state index in [1.54, 1.807) is 0 Å². The molecule has 4 aromatic rings. The molecule has 0 fully saturated rings. The highest BCUT2D eigenvalue weighted by Crippen LogP contribution is 2.43. The van der Waals surface area contributed by atoms with Crippen molar-refractivity contribution < 1.29 is 14.5 Å². The fourth-order valence-corrected chi connectivity index (χ4v) is 4.76. The van der Waals surface area contributed by atoms with Gasteiger partial charge in [0.1, 0.15) is 6.54 Å². The molecular weight excluding hydrogens is 408 g/mol. The Morgan fingerprint density at radius 3 is 1.85 bits per heavy atom. The highest BCUT2D eigenvalue weighted by atomic mass is 16.4. The second-order valence-corrected chi connectivity index (χ2v) is 8.25. The summed E-state index contributed by atoms with van der Waals surface area (Å²) in [5, 5.41) is 14.3. The summed E-state index contributed by atoms with van der Waals surface area (Å²) >= 11 is 0. The predicted octanol–water partition coefficient (Wildman–Crippen LogP) is 4.97. The molecule has 0 aromatic heterocycles. The van der Waals surface area contributed by atoms with Crippen LogP contribution in [0.4, 0.5) is 0 Å². The summed E-state index contributed by atoms with van der Waals surface area (Å²) in [5.41, 5.74) is 2.37. The topological polar surface area (TPSA) is 52.3 Å². The van der Waals surface area contributed by atoms with Crippen LogP contribution in [0.3, 0.4) is 0 Å². The average molecular weight is 434 g/mol. The van der Waals surface area contributed by atoms with Crippen LogP contribution >= 0.6 is 0 Å². The van der Waals surface area contributed by atoms with Crippen molar-refractivity contribution in [1.29, 1.82) is 0 Å². The van der Waals surface area contributed by atoms with Crippen LogP contribution in [0.25, 0.3) is 0 Å². The summed E-state index contributed by atoms with van der Waals surface area (Å²) in [7, 11) is 0. The van der Waals surface area contributed by atoms with Crippen LogP contribution in [0.2, 0.25) is 0 Å². The number of hydrogen-bond acceptors (Lipinski definition) is 2. The lowest BCUT2D eigenvalue weighted by Gasteiger charge is -2.28. The second kappa shape index (κ2) is 8.75. The van der Waals surface area contributed by atoms with Crippen molar-refractivity contribution in [2.24, 2.45) is 0 Å². The summed E-state index contributed by atoms with van der Waals surface area (Å²) in [6, 6.07) is 39.1. The minimum atomic E-state index is -1.36. The van der Waals surface area contributed by atoms with Crippen LogP contribution in [0.15, 0.2) is 121 Å². The van der Waals surface area contributed by atoms with E-state index in [0.29, 0.717) is 6.54 Å². The molecule has 0 saturated heterocycles. The molecule has 1 aliphatic rings. The minimum Gasteiger partial charge on any atom is -0.477 e. The van der Waals surface area contributed by atoms with Crippen LogP contribution in [-0.4, -0.2) is 21.5 Å². The molecule has 0 spiro atoms.